The fourth-order valence-corrected chi connectivity index (χ4v) is 1.38. The van der Waals surface area contributed by atoms with E-state index in [1.807, 2.05) is 31.2 Å². The molecule has 0 unspecified atom stereocenters. The summed E-state index contributed by atoms with van der Waals surface area (Å²) in [5, 5.41) is 11.4. The van der Waals surface area contributed by atoms with E-state index >= 15 is 0 Å². The van der Waals surface area contributed by atoms with Gasteiger partial charge in [-0.2, -0.15) is 0 Å². The standard InChI is InChI=1S/C13H17NO3/c1-2-17-10-12-6-4-3-5-11(12)9-14-8-7-13(15)16/h3-8,14H,2,9-10H2,1H3,(H,15,16)/b8-7+. The third-order valence-corrected chi connectivity index (χ3v) is 2.22. The molecule has 4 nitrogen and oxygen atoms in total. The first-order valence-corrected chi connectivity index (χ1v) is 5.51. The largest absolute Gasteiger partial charge is 0.478 e. The Labute approximate surface area is 101 Å². The number of benzene rings is 1. The molecule has 0 aliphatic heterocycles. The molecule has 1 aromatic rings. The third kappa shape index (κ3) is 5.17. The number of carbonyl (C=O) groups is 1. The summed E-state index contributed by atoms with van der Waals surface area (Å²) >= 11 is 0. The average Bonchev–Trinajstić information content (AvgIpc) is 2.33. The van der Waals surface area contributed by atoms with Gasteiger partial charge in [-0.3, -0.25) is 0 Å². The molecule has 0 aliphatic carbocycles. The summed E-state index contributed by atoms with van der Waals surface area (Å²) in [5.41, 5.74) is 2.22. The molecule has 0 radical (unpaired) electrons. The molecule has 0 saturated carbocycles. The maximum Gasteiger partial charge on any atom is 0.329 e. The van der Waals surface area contributed by atoms with E-state index in [0.29, 0.717) is 19.8 Å². The number of carboxylic acid groups (broad SMARTS) is 1. The summed E-state index contributed by atoms with van der Waals surface area (Å²) in [5.74, 6) is -0.958. The number of carboxylic acids is 1. The molecule has 17 heavy (non-hydrogen) atoms. The summed E-state index contributed by atoms with van der Waals surface area (Å²) in [6, 6.07) is 7.92. The van der Waals surface area contributed by atoms with E-state index in [1.165, 1.54) is 6.20 Å². The lowest BCUT2D eigenvalue weighted by atomic mass is 10.1. The number of hydrogen-bond acceptors (Lipinski definition) is 3. The molecule has 0 saturated heterocycles. The molecule has 0 aliphatic rings. The molecule has 2 N–H and O–H groups in total. The van der Waals surface area contributed by atoms with Gasteiger partial charge in [0.25, 0.3) is 0 Å². The predicted molar refractivity (Wildman–Crippen MR) is 65.4 cm³/mol. The third-order valence-electron chi connectivity index (χ3n) is 2.22. The molecular formula is C13H17NO3. The summed E-state index contributed by atoms with van der Waals surface area (Å²) in [6.07, 6.45) is 2.50. The SMILES string of the molecule is CCOCc1ccccc1CN/C=C/C(=O)O. The zero-order valence-electron chi connectivity index (χ0n) is 9.85. The van der Waals surface area contributed by atoms with E-state index in [2.05, 4.69) is 5.32 Å². The van der Waals surface area contributed by atoms with Gasteiger partial charge in [0, 0.05) is 25.4 Å². The first-order valence-electron chi connectivity index (χ1n) is 5.51. The van der Waals surface area contributed by atoms with Crippen molar-refractivity contribution >= 4 is 5.97 Å². The van der Waals surface area contributed by atoms with Crippen LogP contribution in [-0.2, 0) is 22.7 Å². The van der Waals surface area contributed by atoms with Gasteiger partial charge >= 0.3 is 5.97 Å². The molecule has 1 aromatic carbocycles. The van der Waals surface area contributed by atoms with Crippen LogP contribution < -0.4 is 5.32 Å². The molecule has 0 bridgehead atoms. The summed E-state index contributed by atoms with van der Waals surface area (Å²) in [7, 11) is 0. The van der Waals surface area contributed by atoms with Crippen LogP contribution >= 0.6 is 0 Å². The number of nitrogens with one attached hydrogen (secondary N) is 1. The van der Waals surface area contributed by atoms with Gasteiger partial charge in [-0.1, -0.05) is 24.3 Å². The molecule has 0 fully saturated rings. The smallest absolute Gasteiger partial charge is 0.329 e. The maximum absolute atomic E-state index is 10.3. The van der Waals surface area contributed by atoms with Gasteiger partial charge in [-0.15, -0.1) is 0 Å². The first-order chi connectivity index (χ1) is 8.24. The van der Waals surface area contributed by atoms with Crippen LogP contribution in [0.3, 0.4) is 0 Å². The van der Waals surface area contributed by atoms with Crippen LogP contribution in [0, 0.1) is 0 Å². The van der Waals surface area contributed by atoms with Crippen LogP contribution in [0.4, 0.5) is 0 Å². The molecule has 0 atom stereocenters. The van der Waals surface area contributed by atoms with E-state index in [0.717, 1.165) is 17.2 Å². The zero-order valence-corrected chi connectivity index (χ0v) is 9.85. The number of rotatable bonds is 7. The zero-order chi connectivity index (χ0) is 12.5. The normalized spacial score (nSPS) is 10.6. The van der Waals surface area contributed by atoms with Crippen LogP contribution in [0.1, 0.15) is 18.1 Å². The highest BCUT2D eigenvalue weighted by Gasteiger charge is 2.00. The van der Waals surface area contributed by atoms with Gasteiger partial charge in [-0.05, 0) is 18.1 Å². The lowest BCUT2D eigenvalue weighted by Gasteiger charge is -2.09. The molecule has 1 rings (SSSR count). The van der Waals surface area contributed by atoms with Gasteiger partial charge in [0.2, 0.25) is 0 Å². The Morgan fingerprint density at radius 2 is 2.12 bits per heavy atom. The second kappa shape index (κ2) is 7.46. The van der Waals surface area contributed by atoms with Crippen molar-refractivity contribution in [2.24, 2.45) is 0 Å². The van der Waals surface area contributed by atoms with Gasteiger partial charge in [0.05, 0.1) is 6.61 Å². The maximum atomic E-state index is 10.3. The average molecular weight is 235 g/mol. The lowest BCUT2D eigenvalue weighted by molar-refractivity contribution is -0.131. The van der Waals surface area contributed by atoms with Crippen molar-refractivity contribution in [3.05, 3.63) is 47.7 Å². The molecule has 0 spiro atoms. The Bertz CT molecular complexity index is 388. The van der Waals surface area contributed by atoms with Gasteiger partial charge < -0.3 is 15.2 Å². The number of hydrogen-bond donors (Lipinski definition) is 2. The van der Waals surface area contributed by atoms with Crippen LogP contribution in [0.5, 0.6) is 0 Å². The summed E-state index contributed by atoms with van der Waals surface area (Å²) in [6.45, 7) is 3.81. The van der Waals surface area contributed by atoms with Gasteiger partial charge in [-0.25, -0.2) is 4.79 Å². The Morgan fingerprint density at radius 3 is 2.76 bits per heavy atom. The second-order valence-electron chi connectivity index (χ2n) is 3.46. The van der Waals surface area contributed by atoms with Crippen molar-refractivity contribution in [3.8, 4) is 0 Å². The highest BCUT2D eigenvalue weighted by atomic mass is 16.5. The highest BCUT2D eigenvalue weighted by Crippen LogP contribution is 2.09. The minimum Gasteiger partial charge on any atom is -0.478 e. The van der Waals surface area contributed by atoms with Crippen molar-refractivity contribution in [2.45, 2.75) is 20.1 Å². The Kier molecular flexibility index (Phi) is 5.82. The van der Waals surface area contributed by atoms with Crippen molar-refractivity contribution in [1.82, 2.24) is 5.32 Å². The van der Waals surface area contributed by atoms with Crippen molar-refractivity contribution in [1.29, 1.82) is 0 Å². The van der Waals surface area contributed by atoms with Crippen LogP contribution in [-0.4, -0.2) is 17.7 Å². The van der Waals surface area contributed by atoms with E-state index in [4.69, 9.17) is 9.84 Å². The van der Waals surface area contributed by atoms with Gasteiger partial charge in [0.15, 0.2) is 0 Å². The van der Waals surface area contributed by atoms with E-state index in [9.17, 15) is 4.79 Å². The Hall–Kier alpha value is -1.81. The molecular weight excluding hydrogens is 218 g/mol. The van der Waals surface area contributed by atoms with Crippen molar-refractivity contribution < 1.29 is 14.6 Å². The second-order valence-corrected chi connectivity index (χ2v) is 3.46. The quantitative estimate of drug-likeness (QED) is 0.709. The molecule has 0 heterocycles. The van der Waals surface area contributed by atoms with Crippen LogP contribution in [0.2, 0.25) is 0 Å². The minimum atomic E-state index is -0.958. The Morgan fingerprint density at radius 1 is 1.41 bits per heavy atom. The van der Waals surface area contributed by atoms with Gasteiger partial charge in [0.1, 0.15) is 0 Å². The molecule has 92 valence electrons. The summed E-state index contributed by atoms with van der Waals surface area (Å²) < 4.78 is 5.36. The monoisotopic (exact) mass is 235 g/mol. The van der Waals surface area contributed by atoms with E-state index in [-0.39, 0.29) is 0 Å². The highest BCUT2D eigenvalue weighted by molar-refractivity contribution is 5.79. The first kappa shape index (κ1) is 13.3. The fraction of sp³-hybridized carbons (Fsp3) is 0.308. The van der Waals surface area contributed by atoms with E-state index in [1.54, 1.807) is 0 Å². The van der Waals surface area contributed by atoms with Crippen molar-refractivity contribution in [3.63, 3.8) is 0 Å². The van der Waals surface area contributed by atoms with E-state index < -0.39 is 5.97 Å². The van der Waals surface area contributed by atoms with Crippen LogP contribution in [0.15, 0.2) is 36.5 Å². The Balaban J connectivity index is 2.54. The van der Waals surface area contributed by atoms with Crippen molar-refractivity contribution in [2.75, 3.05) is 6.61 Å². The topological polar surface area (TPSA) is 58.6 Å². The number of ether oxygens (including phenoxy) is 1. The minimum absolute atomic E-state index is 0.580. The summed E-state index contributed by atoms with van der Waals surface area (Å²) in [4.78, 5) is 10.3. The predicted octanol–water partition coefficient (Wildman–Crippen LogP) is 1.91. The molecule has 0 aromatic heterocycles. The molecule has 4 heteroatoms. The molecule has 0 amide bonds. The lowest BCUT2D eigenvalue weighted by Crippen LogP contribution is -2.08. The van der Waals surface area contributed by atoms with Crippen LogP contribution in [0.25, 0.3) is 0 Å². The number of aliphatic carboxylic acids is 1. The fourth-order valence-electron chi connectivity index (χ4n) is 1.38.